The van der Waals surface area contributed by atoms with Crippen LogP contribution in [0.1, 0.15) is 37.7 Å². The van der Waals surface area contributed by atoms with Crippen molar-refractivity contribution in [1.29, 1.82) is 0 Å². The van der Waals surface area contributed by atoms with Gasteiger partial charge in [-0.15, -0.1) is 0 Å². The molecule has 3 fully saturated rings. The second kappa shape index (κ2) is 7.81. The van der Waals surface area contributed by atoms with Crippen molar-refractivity contribution in [3.63, 3.8) is 0 Å². The molecule has 5 heterocycles. The Bertz CT molecular complexity index is 1310. The lowest BCUT2D eigenvalue weighted by Gasteiger charge is -2.38. The van der Waals surface area contributed by atoms with Gasteiger partial charge in [-0.2, -0.15) is 18.3 Å². The lowest BCUT2D eigenvalue weighted by Crippen LogP contribution is -2.45. The maximum atomic E-state index is 13.7. The molecule has 0 bridgehead atoms. The minimum Gasteiger partial charge on any atom is -0.355 e. The zero-order valence-electron chi connectivity index (χ0n) is 19.0. The Hall–Kier alpha value is -3.38. The number of pyridine rings is 1. The molecule has 1 amide bonds. The molecule has 3 aromatic heterocycles. The lowest BCUT2D eigenvalue weighted by atomic mass is 9.75. The van der Waals surface area contributed by atoms with Crippen molar-refractivity contribution < 1.29 is 26.7 Å². The van der Waals surface area contributed by atoms with Gasteiger partial charge in [-0.05, 0) is 44.2 Å². The van der Waals surface area contributed by atoms with Crippen LogP contribution in [0.25, 0.3) is 11.2 Å². The fraction of sp³-hybridized carbons (Fsp3) is 0.522. The maximum Gasteiger partial charge on any atom is 0.417 e. The topological polar surface area (TPSA) is 80.0 Å². The average Bonchev–Trinajstić information content (AvgIpc) is 3.43. The van der Waals surface area contributed by atoms with Crippen molar-refractivity contribution in [1.82, 2.24) is 24.7 Å². The van der Waals surface area contributed by atoms with Gasteiger partial charge < -0.3 is 4.90 Å². The van der Waals surface area contributed by atoms with Gasteiger partial charge in [0.15, 0.2) is 5.65 Å². The van der Waals surface area contributed by atoms with E-state index >= 15 is 0 Å². The molecule has 13 heteroatoms. The highest BCUT2D eigenvalue weighted by Crippen LogP contribution is 2.60. The van der Waals surface area contributed by atoms with E-state index in [0.717, 1.165) is 29.8 Å². The molecular weight excluding hydrogens is 485 g/mol. The number of fused-ring (bicyclic) bond motifs is 1. The van der Waals surface area contributed by atoms with Crippen LogP contribution in [0.5, 0.6) is 0 Å². The summed E-state index contributed by atoms with van der Waals surface area (Å²) < 4.78 is 65.8. The molecule has 2 saturated heterocycles. The number of nitrogens with zero attached hydrogens (tertiary/aromatic N) is 7. The first-order valence-corrected chi connectivity index (χ1v) is 11.7. The second-order valence-electron chi connectivity index (χ2n) is 9.87. The molecule has 0 aromatic carbocycles. The van der Waals surface area contributed by atoms with Crippen LogP contribution < -0.4 is 9.80 Å². The summed E-state index contributed by atoms with van der Waals surface area (Å²) in [5, 5.41) is 3.94. The van der Waals surface area contributed by atoms with Crippen LogP contribution in [0.15, 0.2) is 30.7 Å². The highest BCUT2D eigenvalue weighted by atomic mass is 19.4. The van der Waals surface area contributed by atoms with Crippen LogP contribution in [-0.2, 0) is 17.5 Å². The third-order valence-corrected chi connectivity index (χ3v) is 7.62. The Morgan fingerprint density at radius 2 is 1.72 bits per heavy atom. The number of aromatic nitrogens is 5. The minimum atomic E-state index is -4.49. The largest absolute Gasteiger partial charge is 0.417 e. The quantitative estimate of drug-likeness (QED) is 0.496. The maximum absolute atomic E-state index is 13.7. The number of hydrogen-bond donors (Lipinski definition) is 0. The van der Waals surface area contributed by atoms with E-state index in [0.29, 0.717) is 43.7 Å². The van der Waals surface area contributed by atoms with E-state index in [4.69, 9.17) is 0 Å². The third kappa shape index (κ3) is 3.66. The predicted octanol–water partition coefficient (Wildman–Crippen LogP) is 4.06. The van der Waals surface area contributed by atoms with Gasteiger partial charge in [0, 0.05) is 19.3 Å². The summed E-state index contributed by atoms with van der Waals surface area (Å²) in [6, 6.07) is 2.25. The van der Waals surface area contributed by atoms with Crippen LogP contribution in [0, 0.1) is 5.41 Å². The van der Waals surface area contributed by atoms with E-state index in [1.54, 1.807) is 11.1 Å². The third-order valence-electron chi connectivity index (χ3n) is 7.62. The summed E-state index contributed by atoms with van der Waals surface area (Å²) in [5.74, 6) is 0.693. The molecule has 2 spiro atoms. The molecule has 1 saturated carbocycles. The number of alkyl halides is 5. The molecule has 36 heavy (non-hydrogen) atoms. The fourth-order valence-electron chi connectivity index (χ4n) is 5.63. The first-order valence-electron chi connectivity index (χ1n) is 11.7. The van der Waals surface area contributed by atoms with Crippen LogP contribution in [0.2, 0.25) is 0 Å². The number of piperidine rings is 1. The van der Waals surface area contributed by atoms with E-state index in [2.05, 4.69) is 20.1 Å². The molecule has 8 nitrogen and oxygen atoms in total. The Balaban J connectivity index is 1.21. The van der Waals surface area contributed by atoms with E-state index in [1.165, 1.54) is 12.3 Å². The highest BCUT2D eigenvalue weighted by molar-refractivity contribution is 6.02. The number of amides is 1. The smallest absolute Gasteiger partial charge is 0.355 e. The van der Waals surface area contributed by atoms with Crippen LogP contribution in [0.3, 0.4) is 0 Å². The van der Waals surface area contributed by atoms with Gasteiger partial charge in [-0.3, -0.25) is 9.69 Å². The van der Waals surface area contributed by atoms with Crippen molar-refractivity contribution in [2.24, 2.45) is 5.41 Å². The van der Waals surface area contributed by atoms with E-state index < -0.39 is 30.1 Å². The normalized spacial score (nSPS) is 20.9. The first kappa shape index (κ1) is 23.0. The second-order valence-corrected chi connectivity index (χ2v) is 9.87. The van der Waals surface area contributed by atoms with Crippen LogP contribution in [0.4, 0.5) is 33.6 Å². The number of anilines is 2. The number of hydrogen-bond acceptors (Lipinski definition) is 6. The average molecular weight is 507 g/mol. The molecule has 190 valence electrons. The van der Waals surface area contributed by atoms with E-state index in [1.807, 2.05) is 4.90 Å². The predicted molar refractivity (Wildman–Crippen MR) is 119 cm³/mol. The number of carbonyl (C=O) groups is 1. The van der Waals surface area contributed by atoms with Crippen molar-refractivity contribution in [3.8, 4) is 0 Å². The van der Waals surface area contributed by atoms with Gasteiger partial charge in [0.1, 0.15) is 23.7 Å². The fourth-order valence-corrected chi connectivity index (χ4v) is 5.63. The van der Waals surface area contributed by atoms with E-state index in [-0.39, 0.29) is 22.9 Å². The molecule has 0 unspecified atom stereocenters. The van der Waals surface area contributed by atoms with Gasteiger partial charge in [-0.25, -0.2) is 28.4 Å². The standard InChI is InChI=1S/C23H22F5N7O/c24-16(25)12-34-19-15(10-31-34)29-11-18(32-19)33-7-5-21(6-8-33)13-22(3-4-22)35(20(21)36)17-2-1-14(9-30-17)23(26,27)28/h1-2,9-11,16H,3-8,12-13H2. The summed E-state index contributed by atoms with van der Waals surface area (Å²) in [7, 11) is 0. The van der Waals surface area contributed by atoms with Gasteiger partial charge in [0.2, 0.25) is 5.91 Å². The minimum absolute atomic E-state index is 0.0940. The van der Waals surface area contributed by atoms with Crippen molar-refractivity contribution in [3.05, 3.63) is 36.3 Å². The Morgan fingerprint density at radius 1 is 0.972 bits per heavy atom. The summed E-state index contributed by atoms with van der Waals surface area (Å²) in [5.41, 5.74) is -1.15. The molecule has 0 atom stereocenters. The monoisotopic (exact) mass is 507 g/mol. The van der Waals surface area contributed by atoms with Gasteiger partial charge in [-0.1, -0.05) is 0 Å². The Labute approximate surface area is 202 Å². The molecule has 0 N–H and O–H groups in total. The number of carbonyl (C=O) groups excluding carboxylic acids is 1. The number of halogens is 5. The SMILES string of the molecule is O=C1N(c2ccc(C(F)(F)F)cn2)C2(CC2)CC12CCN(c1cnc3cnn(CC(F)F)c3n1)CC2. The summed E-state index contributed by atoms with van der Waals surface area (Å²) in [4.78, 5) is 30.1. The molecule has 2 aliphatic heterocycles. The zero-order chi connectivity index (χ0) is 25.3. The van der Waals surface area contributed by atoms with Crippen LogP contribution >= 0.6 is 0 Å². The Morgan fingerprint density at radius 3 is 2.33 bits per heavy atom. The van der Waals surface area contributed by atoms with E-state index in [9.17, 15) is 26.7 Å². The zero-order valence-corrected chi connectivity index (χ0v) is 19.0. The summed E-state index contributed by atoms with van der Waals surface area (Å²) in [6.45, 7) is 0.452. The molecule has 0 radical (unpaired) electrons. The molecule has 6 rings (SSSR count). The van der Waals surface area contributed by atoms with Gasteiger partial charge in [0.05, 0.1) is 28.9 Å². The first-order chi connectivity index (χ1) is 17.1. The highest BCUT2D eigenvalue weighted by Gasteiger charge is 2.65. The summed E-state index contributed by atoms with van der Waals surface area (Å²) in [6.07, 6.45) is 0.00436. The van der Waals surface area contributed by atoms with Gasteiger partial charge >= 0.3 is 6.18 Å². The molecule has 3 aromatic rings. The molecular formula is C23H22F5N7O. The molecule has 3 aliphatic rings. The molecule has 1 aliphatic carbocycles. The van der Waals surface area contributed by atoms with Crippen molar-refractivity contribution in [2.45, 2.75) is 56.8 Å². The Kier molecular flexibility index (Phi) is 5.00. The summed E-state index contributed by atoms with van der Waals surface area (Å²) >= 11 is 0. The lowest BCUT2D eigenvalue weighted by molar-refractivity contribution is -0.137. The van der Waals surface area contributed by atoms with Gasteiger partial charge in [0.25, 0.3) is 6.43 Å². The number of rotatable bonds is 4. The van der Waals surface area contributed by atoms with Crippen LogP contribution in [-0.4, -0.2) is 55.7 Å². The van der Waals surface area contributed by atoms with Crippen molar-refractivity contribution >= 4 is 28.7 Å². The van der Waals surface area contributed by atoms with Crippen molar-refractivity contribution in [2.75, 3.05) is 22.9 Å².